The second-order valence-corrected chi connectivity index (χ2v) is 5.86. The maximum absolute atomic E-state index is 12.3. The molecule has 0 radical (unpaired) electrons. The monoisotopic (exact) mass is 295 g/mol. The molecule has 0 atom stereocenters. The Morgan fingerprint density at radius 3 is 2.70 bits per heavy atom. The molecule has 0 saturated heterocycles. The van der Waals surface area contributed by atoms with Gasteiger partial charge in [-0.05, 0) is 18.7 Å². The smallest absolute Gasteiger partial charge is 0.241 e. The van der Waals surface area contributed by atoms with Crippen LogP contribution in [0.15, 0.2) is 45.9 Å². The average molecular weight is 295 g/mol. The summed E-state index contributed by atoms with van der Waals surface area (Å²) in [5.41, 5.74) is 0.501. The zero-order chi connectivity index (χ0) is 14.4. The maximum atomic E-state index is 12.3. The van der Waals surface area contributed by atoms with E-state index in [1.54, 1.807) is 30.3 Å². The molecule has 0 aliphatic rings. The van der Waals surface area contributed by atoms with Crippen molar-refractivity contribution < 1.29 is 12.9 Å². The Bertz CT molecular complexity index is 639. The molecule has 2 N–H and O–H groups in total. The van der Waals surface area contributed by atoms with Crippen LogP contribution in [-0.4, -0.2) is 33.2 Å². The Morgan fingerprint density at radius 1 is 1.20 bits per heavy atom. The van der Waals surface area contributed by atoms with Crippen LogP contribution in [0, 0.1) is 0 Å². The SMILES string of the molecule is CCNCCNS(=O)(=O)c1ccccc1-c1ccno1. The van der Waals surface area contributed by atoms with Gasteiger partial charge in [0, 0.05) is 24.7 Å². The molecule has 20 heavy (non-hydrogen) atoms. The number of hydrogen-bond acceptors (Lipinski definition) is 5. The highest BCUT2D eigenvalue weighted by Crippen LogP contribution is 2.26. The largest absolute Gasteiger partial charge is 0.356 e. The summed E-state index contributed by atoms with van der Waals surface area (Å²) < 4.78 is 32.2. The summed E-state index contributed by atoms with van der Waals surface area (Å²) in [4.78, 5) is 0.188. The van der Waals surface area contributed by atoms with E-state index in [1.165, 1.54) is 6.20 Å². The molecule has 0 spiro atoms. The van der Waals surface area contributed by atoms with Crippen LogP contribution in [0.4, 0.5) is 0 Å². The first-order chi connectivity index (χ1) is 9.65. The van der Waals surface area contributed by atoms with E-state index in [-0.39, 0.29) is 4.90 Å². The quantitative estimate of drug-likeness (QED) is 0.751. The van der Waals surface area contributed by atoms with Crippen molar-refractivity contribution in [1.29, 1.82) is 0 Å². The van der Waals surface area contributed by atoms with Gasteiger partial charge >= 0.3 is 0 Å². The van der Waals surface area contributed by atoms with Gasteiger partial charge in [-0.15, -0.1) is 0 Å². The van der Waals surface area contributed by atoms with E-state index in [0.717, 1.165) is 6.54 Å². The van der Waals surface area contributed by atoms with Gasteiger partial charge in [-0.3, -0.25) is 0 Å². The van der Waals surface area contributed by atoms with Crippen LogP contribution in [-0.2, 0) is 10.0 Å². The van der Waals surface area contributed by atoms with Crippen LogP contribution >= 0.6 is 0 Å². The van der Waals surface area contributed by atoms with Crippen LogP contribution in [0.1, 0.15) is 6.92 Å². The highest BCUT2D eigenvalue weighted by molar-refractivity contribution is 7.89. The van der Waals surface area contributed by atoms with E-state index in [2.05, 4.69) is 15.2 Å². The number of hydrogen-bond donors (Lipinski definition) is 2. The summed E-state index contributed by atoms with van der Waals surface area (Å²) in [6.07, 6.45) is 1.48. The minimum atomic E-state index is -3.58. The number of likely N-dealkylation sites (N-methyl/N-ethyl adjacent to an activating group) is 1. The lowest BCUT2D eigenvalue weighted by Gasteiger charge is -2.10. The fourth-order valence-corrected chi connectivity index (χ4v) is 3.03. The highest BCUT2D eigenvalue weighted by atomic mass is 32.2. The zero-order valence-corrected chi connectivity index (χ0v) is 12.0. The molecule has 1 heterocycles. The molecule has 108 valence electrons. The van der Waals surface area contributed by atoms with Gasteiger partial charge in [-0.2, -0.15) is 0 Å². The third-order valence-corrected chi connectivity index (χ3v) is 4.24. The number of nitrogens with one attached hydrogen (secondary N) is 2. The molecule has 1 aromatic carbocycles. The van der Waals surface area contributed by atoms with Crippen molar-refractivity contribution in [2.24, 2.45) is 0 Å². The second kappa shape index (κ2) is 6.65. The number of rotatable bonds is 7. The number of nitrogens with zero attached hydrogens (tertiary/aromatic N) is 1. The summed E-state index contributed by atoms with van der Waals surface area (Å²) >= 11 is 0. The van der Waals surface area contributed by atoms with Gasteiger partial charge in [-0.1, -0.05) is 24.2 Å². The Balaban J connectivity index is 2.24. The third kappa shape index (κ3) is 3.44. The Labute approximate surface area is 118 Å². The van der Waals surface area contributed by atoms with Crippen molar-refractivity contribution in [1.82, 2.24) is 15.2 Å². The maximum Gasteiger partial charge on any atom is 0.241 e. The normalized spacial score (nSPS) is 11.7. The summed E-state index contributed by atoms with van der Waals surface area (Å²) in [5, 5.41) is 6.67. The lowest BCUT2D eigenvalue weighted by Crippen LogP contribution is -2.32. The third-order valence-electron chi connectivity index (χ3n) is 2.72. The Kier molecular flexibility index (Phi) is 4.89. The van der Waals surface area contributed by atoms with Gasteiger partial charge in [0.25, 0.3) is 0 Å². The molecule has 0 fully saturated rings. The number of sulfonamides is 1. The molecule has 0 bridgehead atoms. The van der Waals surface area contributed by atoms with Gasteiger partial charge in [-0.25, -0.2) is 13.1 Å². The molecule has 6 nitrogen and oxygen atoms in total. The van der Waals surface area contributed by atoms with Crippen LogP contribution in [0.3, 0.4) is 0 Å². The fourth-order valence-electron chi connectivity index (χ4n) is 1.79. The first kappa shape index (κ1) is 14.7. The molecule has 0 aliphatic heterocycles. The molecule has 0 amide bonds. The van der Waals surface area contributed by atoms with Gasteiger partial charge in [0.2, 0.25) is 10.0 Å². The number of aromatic nitrogens is 1. The van der Waals surface area contributed by atoms with Gasteiger partial charge < -0.3 is 9.84 Å². The standard InChI is InChI=1S/C13H17N3O3S/c1-2-14-9-10-16-20(17,18)13-6-4-3-5-11(13)12-7-8-15-19-12/h3-8,14,16H,2,9-10H2,1H3. The van der Waals surface area contributed by atoms with Crippen molar-refractivity contribution in [3.63, 3.8) is 0 Å². The first-order valence-electron chi connectivity index (χ1n) is 6.35. The molecule has 1 aromatic heterocycles. The molecule has 2 rings (SSSR count). The molecule has 0 unspecified atom stereocenters. The van der Waals surface area contributed by atoms with E-state index in [9.17, 15) is 8.42 Å². The predicted octanol–water partition coefficient (Wildman–Crippen LogP) is 1.23. The molecular weight excluding hydrogens is 278 g/mol. The Morgan fingerprint density at radius 2 is 2.00 bits per heavy atom. The predicted molar refractivity (Wildman–Crippen MR) is 75.7 cm³/mol. The molecular formula is C13H17N3O3S. The molecule has 0 saturated carbocycles. The van der Waals surface area contributed by atoms with Crippen molar-refractivity contribution in [2.75, 3.05) is 19.6 Å². The van der Waals surface area contributed by atoms with Gasteiger partial charge in [0.15, 0.2) is 5.76 Å². The zero-order valence-electron chi connectivity index (χ0n) is 11.2. The van der Waals surface area contributed by atoms with Crippen molar-refractivity contribution in [3.05, 3.63) is 36.5 Å². The summed E-state index contributed by atoms with van der Waals surface area (Å²) in [6.45, 7) is 3.69. The topological polar surface area (TPSA) is 84.2 Å². The molecule has 2 aromatic rings. The highest BCUT2D eigenvalue weighted by Gasteiger charge is 2.19. The van der Waals surface area contributed by atoms with Crippen molar-refractivity contribution in [3.8, 4) is 11.3 Å². The average Bonchev–Trinajstić information content (AvgIpc) is 2.98. The van der Waals surface area contributed by atoms with E-state index in [0.29, 0.717) is 24.4 Å². The summed E-state index contributed by atoms with van der Waals surface area (Å²) in [7, 11) is -3.58. The van der Waals surface area contributed by atoms with Crippen LogP contribution in [0.25, 0.3) is 11.3 Å². The lowest BCUT2D eigenvalue weighted by molar-refractivity contribution is 0.431. The van der Waals surface area contributed by atoms with Crippen molar-refractivity contribution in [2.45, 2.75) is 11.8 Å². The lowest BCUT2D eigenvalue weighted by atomic mass is 10.2. The van der Waals surface area contributed by atoms with Gasteiger partial charge in [0.05, 0.1) is 11.1 Å². The fraction of sp³-hybridized carbons (Fsp3) is 0.308. The van der Waals surface area contributed by atoms with E-state index < -0.39 is 10.0 Å². The minimum Gasteiger partial charge on any atom is -0.356 e. The first-order valence-corrected chi connectivity index (χ1v) is 7.84. The van der Waals surface area contributed by atoms with Crippen LogP contribution in [0.2, 0.25) is 0 Å². The van der Waals surface area contributed by atoms with E-state index in [4.69, 9.17) is 4.52 Å². The molecule has 7 heteroatoms. The van der Waals surface area contributed by atoms with Crippen LogP contribution in [0.5, 0.6) is 0 Å². The summed E-state index contributed by atoms with van der Waals surface area (Å²) in [5.74, 6) is 0.428. The van der Waals surface area contributed by atoms with E-state index in [1.807, 2.05) is 6.92 Å². The van der Waals surface area contributed by atoms with Crippen molar-refractivity contribution >= 4 is 10.0 Å². The Hall–Kier alpha value is -1.70. The van der Waals surface area contributed by atoms with Crippen LogP contribution < -0.4 is 10.0 Å². The molecule has 0 aliphatic carbocycles. The summed E-state index contributed by atoms with van der Waals surface area (Å²) in [6, 6.07) is 8.31. The van der Waals surface area contributed by atoms with E-state index >= 15 is 0 Å². The second-order valence-electron chi connectivity index (χ2n) is 4.12. The minimum absolute atomic E-state index is 0.188. The number of benzene rings is 1. The van der Waals surface area contributed by atoms with Gasteiger partial charge in [0.1, 0.15) is 0 Å².